The molecule has 0 radical (unpaired) electrons. The number of carbonyl (C=O) groups excluding carboxylic acids is 1. The number of hydrogen-bond donors (Lipinski definition) is 1. The molecule has 0 saturated carbocycles. The Morgan fingerprint density at radius 2 is 2.04 bits per heavy atom. The molecule has 2 aliphatic heterocycles. The quantitative estimate of drug-likeness (QED) is 0.584. The van der Waals surface area contributed by atoms with Crippen molar-refractivity contribution in [2.75, 3.05) is 26.4 Å². The number of hydrogen-bond acceptors (Lipinski definition) is 6. The van der Waals surface area contributed by atoms with Gasteiger partial charge in [-0.3, -0.25) is 0 Å². The zero-order valence-corrected chi connectivity index (χ0v) is 15.9. The monoisotopic (exact) mass is 375 g/mol. The first-order valence-electron chi connectivity index (χ1n) is 9.70. The van der Waals surface area contributed by atoms with Crippen molar-refractivity contribution in [3.05, 3.63) is 48.0 Å². The molecule has 0 aliphatic carbocycles. The van der Waals surface area contributed by atoms with E-state index < -0.39 is 5.79 Å². The number of nitrogens with one attached hydrogen (secondary N) is 1. The van der Waals surface area contributed by atoms with Crippen molar-refractivity contribution in [2.24, 2.45) is 0 Å². The van der Waals surface area contributed by atoms with Crippen molar-refractivity contribution >= 4 is 5.97 Å². The van der Waals surface area contributed by atoms with Gasteiger partial charge in [0.15, 0.2) is 5.79 Å². The second-order valence-corrected chi connectivity index (χ2v) is 6.95. The van der Waals surface area contributed by atoms with Crippen molar-refractivity contribution in [1.82, 2.24) is 5.32 Å². The maximum Gasteiger partial charge on any atom is 0.330 e. The summed E-state index contributed by atoms with van der Waals surface area (Å²) in [6, 6.07) is 10.2. The summed E-state index contributed by atoms with van der Waals surface area (Å²) in [4.78, 5) is 11.6. The van der Waals surface area contributed by atoms with Gasteiger partial charge in [0, 0.05) is 31.0 Å². The van der Waals surface area contributed by atoms with E-state index in [9.17, 15) is 4.79 Å². The van der Waals surface area contributed by atoms with Crippen LogP contribution in [-0.2, 0) is 30.3 Å². The summed E-state index contributed by atoms with van der Waals surface area (Å²) in [7, 11) is 0. The van der Waals surface area contributed by atoms with Gasteiger partial charge in [0.25, 0.3) is 0 Å². The summed E-state index contributed by atoms with van der Waals surface area (Å²) in [5.41, 5.74) is 1.15. The Balaban J connectivity index is 1.59. The number of benzene rings is 1. The molecular weight excluding hydrogens is 346 g/mol. The summed E-state index contributed by atoms with van der Waals surface area (Å²) in [6.07, 6.45) is 5.62. The topological polar surface area (TPSA) is 66.0 Å². The van der Waals surface area contributed by atoms with Gasteiger partial charge in [-0.1, -0.05) is 36.4 Å². The van der Waals surface area contributed by atoms with Crippen molar-refractivity contribution in [1.29, 1.82) is 0 Å². The molecule has 0 amide bonds. The van der Waals surface area contributed by atoms with Crippen LogP contribution in [-0.4, -0.2) is 50.3 Å². The number of ether oxygens (including phenoxy) is 4. The lowest BCUT2D eigenvalue weighted by atomic mass is 9.91. The SMILES string of the molecule is CCOC(=O)/C=C/[C@H]1CC2(C[C@@H](COCc3ccccc3)N1)OCCCO2. The normalized spacial score (nSPS) is 24.9. The summed E-state index contributed by atoms with van der Waals surface area (Å²) in [6.45, 7) is 4.68. The van der Waals surface area contributed by atoms with E-state index in [1.165, 1.54) is 6.08 Å². The van der Waals surface area contributed by atoms with Crippen LogP contribution in [0.1, 0.15) is 31.7 Å². The lowest BCUT2D eigenvalue weighted by Crippen LogP contribution is -2.58. The van der Waals surface area contributed by atoms with Crippen molar-refractivity contribution < 1.29 is 23.7 Å². The first kappa shape index (κ1) is 20.0. The van der Waals surface area contributed by atoms with Crippen LogP contribution in [0.2, 0.25) is 0 Å². The molecule has 0 aromatic heterocycles. The van der Waals surface area contributed by atoms with E-state index in [1.54, 1.807) is 6.92 Å². The minimum Gasteiger partial charge on any atom is -0.463 e. The molecule has 0 unspecified atom stereocenters. The Bertz CT molecular complexity index is 612. The van der Waals surface area contributed by atoms with Gasteiger partial charge in [0.05, 0.1) is 33.0 Å². The molecule has 1 N–H and O–H groups in total. The molecule has 2 saturated heterocycles. The predicted molar refractivity (Wildman–Crippen MR) is 101 cm³/mol. The largest absolute Gasteiger partial charge is 0.463 e. The van der Waals surface area contributed by atoms with Gasteiger partial charge in [-0.25, -0.2) is 4.79 Å². The summed E-state index contributed by atoms with van der Waals surface area (Å²) in [5.74, 6) is -0.935. The fourth-order valence-corrected chi connectivity index (χ4v) is 3.58. The molecule has 1 aromatic carbocycles. The summed E-state index contributed by atoms with van der Waals surface area (Å²) < 4.78 is 22.9. The van der Waals surface area contributed by atoms with Crippen LogP contribution in [0.15, 0.2) is 42.5 Å². The molecule has 1 aromatic rings. The first-order valence-corrected chi connectivity index (χ1v) is 9.70. The van der Waals surface area contributed by atoms with Gasteiger partial charge >= 0.3 is 5.97 Å². The van der Waals surface area contributed by atoms with Gasteiger partial charge < -0.3 is 24.3 Å². The molecule has 2 fully saturated rings. The third-order valence-electron chi connectivity index (χ3n) is 4.74. The number of rotatable bonds is 7. The molecule has 2 atom stereocenters. The fourth-order valence-electron chi connectivity index (χ4n) is 3.58. The van der Waals surface area contributed by atoms with Gasteiger partial charge in [0.2, 0.25) is 0 Å². The fraction of sp³-hybridized carbons (Fsp3) is 0.571. The Morgan fingerprint density at radius 3 is 2.78 bits per heavy atom. The number of esters is 1. The smallest absolute Gasteiger partial charge is 0.330 e. The Labute approximate surface area is 160 Å². The molecular formula is C21H29NO5. The van der Waals surface area contributed by atoms with E-state index in [0.29, 0.717) is 39.5 Å². The Kier molecular flexibility index (Phi) is 7.41. The van der Waals surface area contributed by atoms with E-state index in [-0.39, 0.29) is 18.1 Å². The van der Waals surface area contributed by atoms with E-state index >= 15 is 0 Å². The van der Waals surface area contributed by atoms with Gasteiger partial charge in [0.1, 0.15) is 0 Å². The predicted octanol–water partition coefficient (Wildman–Crippen LogP) is 2.58. The molecule has 27 heavy (non-hydrogen) atoms. The molecule has 3 rings (SSSR count). The highest BCUT2D eigenvalue weighted by molar-refractivity contribution is 5.81. The van der Waals surface area contributed by atoms with E-state index in [0.717, 1.165) is 18.4 Å². The van der Waals surface area contributed by atoms with Crippen molar-refractivity contribution in [3.63, 3.8) is 0 Å². The molecule has 148 valence electrons. The van der Waals surface area contributed by atoms with Crippen LogP contribution < -0.4 is 5.32 Å². The zero-order valence-electron chi connectivity index (χ0n) is 15.9. The summed E-state index contributed by atoms with van der Waals surface area (Å²) >= 11 is 0. The second-order valence-electron chi connectivity index (χ2n) is 6.95. The van der Waals surface area contributed by atoms with Gasteiger partial charge in [-0.15, -0.1) is 0 Å². The molecule has 6 heteroatoms. The van der Waals surface area contributed by atoms with Crippen molar-refractivity contribution in [3.8, 4) is 0 Å². The second kappa shape index (κ2) is 9.99. The van der Waals surface area contributed by atoms with Crippen LogP contribution >= 0.6 is 0 Å². The highest BCUT2D eigenvalue weighted by Crippen LogP contribution is 2.33. The lowest BCUT2D eigenvalue weighted by molar-refractivity contribution is -0.285. The molecule has 6 nitrogen and oxygen atoms in total. The van der Waals surface area contributed by atoms with Crippen LogP contribution in [0, 0.1) is 0 Å². The minimum absolute atomic E-state index is 0.0356. The van der Waals surface area contributed by atoms with E-state index in [1.807, 2.05) is 36.4 Å². The van der Waals surface area contributed by atoms with Gasteiger partial charge in [-0.2, -0.15) is 0 Å². The lowest BCUT2D eigenvalue weighted by Gasteiger charge is -2.45. The minimum atomic E-state index is -0.603. The van der Waals surface area contributed by atoms with E-state index in [2.05, 4.69) is 5.32 Å². The van der Waals surface area contributed by atoms with Gasteiger partial charge in [-0.05, 0) is 18.9 Å². The molecule has 1 spiro atoms. The Morgan fingerprint density at radius 1 is 1.26 bits per heavy atom. The van der Waals surface area contributed by atoms with Crippen LogP contribution in [0.25, 0.3) is 0 Å². The van der Waals surface area contributed by atoms with Crippen LogP contribution in [0.3, 0.4) is 0 Å². The number of carbonyl (C=O) groups is 1. The third-order valence-corrected chi connectivity index (χ3v) is 4.74. The zero-order chi connectivity index (χ0) is 19.0. The number of piperidine rings is 1. The van der Waals surface area contributed by atoms with E-state index in [4.69, 9.17) is 18.9 Å². The molecule has 2 heterocycles. The maximum absolute atomic E-state index is 11.6. The van der Waals surface area contributed by atoms with Crippen LogP contribution in [0.4, 0.5) is 0 Å². The van der Waals surface area contributed by atoms with Crippen molar-refractivity contribution in [2.45, 2.75) is 50.7 Å². The third kappa shape index (κ3) is 6.14. The molecule has 2 aliphatic rings. The van der Waals surface area contributed by atoms with Crippen LogP contribution in [0.5, 0.6) is 0 Å². The summed E-state index contributed by atoms with van der Waals surface area (Å²) in [5, 5.41) is 3.53. The maximum atomic E-state index is 11.6. The molecule has 0 bridgehead atoms. The standard InChI is InChI=1S/C21H29NO5/c1-2-25-20(23)10-9-18-13-21(26-11-6-12-27-21)14-19(22-18)16-24-15-17-7-4-3-5-8-17/h3-5,7-10,18-19,22H,2,6,11-16H2,1H3/b10-9+/t18-,19-/m0/s1. The highest BCUT2D eigenvalue weighted by atomic mass is 16.7. The Hall–Kier alpha value is -1.73. The highest BCUT2D eigenvalue weighted by Gasteiger charge is 2.43. The average molecular weight is 375 g/mol. The average Bonchev–Trinajstić information content (AvgIpc) is 2.68. The first-order chi connectivity index (χ1) is 13.2.